The highest BCUT2D eigenvalue weighted by Crippen LogP contribution is 2.48. The molecule has 6 nitrogen and oxygen atoms in total. The van der Waals surface area contributed by atoms with E-state index in [-0.39, 0.29) is 24.5 Å². The Hall–Kier alpha value is -2.51. The number of carboxylic acids is 1. The van der Waals surface area contributed by atoms with Crippen LogP contribution in [0.1, 0.15) is 36.8 Å². The van der Waals surface area contributed by atoms with Gasteiger partial charge >= 0.3 is 12.0 Å². The number of fused-ring (bicyclic) bond motifs is 1. The van der Waals surface area contributed by atoms with Crippen LogP contribution in [-0.4, -0.2) is 54.8 Å². The van der Waals surface area contributed by atoms with Crippen molar-refractivity contribution >= 4 is 23.8 Å². The van der Waals surface area contributed by atoms with Crippen molar-refractivity contribution in [3.63, 3.8) is 0 Å². The molecule has 2 fully saturated rings. The molecule has 164 valence electrons. The fourth-order valence-electron chi connectivity index (χ4n) is 4.63. The van der Waals surface area contributed by atoms with Crippen molar-refractivity contribution in [1.82, 2.24) is 9.80 Å². The van der Waals surface area contributed by atoms with Crippen LogP contribution in [0.5, 0.6) is 0 Å². The molecular weight excluding hydrogens is 412 g/mol. The van der Waals surface area contributed by atoms with Crippen molar-refractivity contribution in [2.75, 3.05) is 5.75 Å². The van der Waals surface area contributed by atoms with Gasteiger partial charge in [-0.05, 0) is 30.4 Å². The highest BCUT2D eigenvalue weighted by molar-refractivity contribution is 8.00. The molecule has 0 unspecified atom stereocenters. The largest absolute Gasteiger partial charge is 0.481 e. The van der Waals surface area contributed by atoms with Gasteiger partial charge < -0.3 is 20.0 Å². The van der Waals surface area contributed by atoms with E-state index in [9.17, 15) is 14.7 Å². The smallest absolute Gasteiger partial charge is 0.321 e. The van der Waals surface area contributed by atoms with Crippen molar-refractivity contribution < 1.29 is 19.8 Å². The summed E-state index contributed by atoms with van der Waals surface area (Å²) >= 11 is 1.50. The van der Waals surface area contributed by atoms with E-state index in [1.165, 1.54) is 11.8 Å². The Balaban J connectivity index is 1.56. The van der Waals surface area contributed by atoms with E-state index in [1.54, 1.807) is 0 Å². The van der Waals surface area contributed by atoms with Crippen LogP contribution in [0.15, 0.2) is 60.7 Å². The Morgan fingerprint density at radius 2 is 1.55 bits per heavy atom. The average Bonchev–Trinajstić information content (AvgIpc) is 3.23. The number of carboxylic acid groups (broad SMARTS) is 1. The van der Waals surface area contributed by atoms with Gasteiger partial charge in [-0.25, -0.2) is 4.79 Å². The predicted molar refractivity (Wildman–Crippen MR) is 120 cm³/mol. The summed E-state index contributed by atoms with van der Waals surface area (Å²) in [6, 6.07) is 19.3. The number of unbranched alkanes of at least 4 members (excludes halogenated alkanes) is 1. The number of urea groups is 1. The van der Waals surface area contributed by atoms with Crippen molar-refractivity contribution in [2.24, 2.45) is 0 Å². The van der Waals surface area contributed by atoms with Gasteiger partial charge in [0, 0.05) is 25.3 Å². The molecule has 2 aliphatic heterocycles. The molecule has 2 N–H and O–H groups in total. The zero-order valence-corrected chi connectivity index (χ0v) is 18.2. The fourth-order valence-corrected chi connectivity index (χ4v) is 6.20. The Morgan fingerprint density at radius 3 is 2.13 bits per heavy atom. The highest BCUT2D eigenvalue weighted by Gasteiger charge is 2.59. The van der Waals surface area contributed by atoms with Gasteiger partial charge in [-0.2, -0.15) is 0 Å². The normalized spacial score (nSPS) is 25.1. The van der Waals surface area contributed by atoms with E-state index in [1.807, 2.05) is 70.5 Å². The van der Waals surface area contributed by atoms with E-state index >= 15 is 0 Å². The number of carbonyl (C=O) groups excluding carboxylic acids is 1. The van der Waals surface area contributed by atoms with Crippen LogP contribution in [0.3, 0.4) is 0 Å². The molecule has 3 atom stereocenters. The maximum absolute atomic E-state index is 13.5. The molecule has 2 aliphatic rings. The number of rotatable bonds is 9. The lowest BCUT2D eigenvalue weighted by Gasteiger charge is -2.34. The molecule has 2 aromatic carbocycles. The first-order valence-corrected chi connectivity index (χ1v) is 11.7. The topological polar surface area (TPSA) is 81.1 Å². The van der Waals surface area contributed by atoms with Crippen LogP contribution in [0, 0.1) is 0 Å². The number of nitrogens with zero attached hydrogens (tertiary/aromatic N) is 2. The molecule has 2 heterocycles. The van der Waals surface area contributed by atoms with Crippen LogP contribution >= 0.6 is 11.8 Å². The summed E-state index contributed by atoms with van der Waals surface area (Å²) in [6.45, 7) is 0.964. The minimum absolute atomic E-state index is 0.0491. The summed E-state index contributed by atoms with van der Waals surface area (Å²) in [5, 5.41) is 20.5. The SMILES string of the molecule is O=C(O)CCCC[C@]1(O)SC[C@H]2[C@@H]1N(Cc1ccccc1)C(=O)N2Cc1ccccc1. The van der Waals surface area contributed by atoms with Crippen LogP contribution in [0.25, 0.3) is 0 Å². The predicted octanol–water partition coefficient (Wildman–Crippen LogP) is 3.94. The summed E-state index contributed by atoms with van der Waals surface area (Å²) in [6.07, 6.45) is 1.71. The lowest BCUT2D eigenvalue weighted by Crippen LogP contribution is -2.48. The number of hydrogen-bond donors (Lipinski definition) is 2. The third kappa shape index (κ3) is 4.72. The highest BCUT2D eigenvalue weighted by atomic mass is 32.2. The molecule has 4 rings (SSSR count). The number of aliphatic carboxylic acids is 1. The van der Waals surface area contributed by atoms with Gasteiger partial charge in [0.05, 0.1) is 12.1 Å². The second-order valence-corrected chi connectivity index (χ2v) is 9.61. The van der Waals surface area contributed by atoms with Gasteiger partial charge in [-0.3, -0.25) is 4.79 Å². The van der Waals surface area contributed by atoms with Gasteiger partial charge in [0.15, 0.2) is 0 Å². The van der Waals surface area contributed by atoms with E-state index in [0.717, 1.165) is 11.1 Å². The molecule has 31 heavy (non-hydrogen) atoms. The standard InChI is InChI=1S/C24H28N2O4S/c27-21(28)13-7-8-14-24(30)22-20(17-31-24)25(15-18-9-3-1-4-10-18)23(29)26(22)16-19-11-5-2-6-12-19/h1-6,9-12,20,22,30H,7-8,13-17H2,(H,27,28)/t20-,22-,24-/m0/s1. The van der Waals surface area contributed by atoms with E-state index in [0.29, 0.717) is 38.1 Å². The molecule has 7 heteroatoms. The lowest BCUT2D eigenvalue weighted by molar-refractivity contribution is -0.137. The van der Waals surface area contributed by atoms with Crippen molar-refractivity contribution in [3.8, 4) is 0 Å². The molecule has 0 bridgehead atoms. The van der Waals surface area contributed by atoms with Gasteiger partial charge in [-0.1, -0.05) is 60.7 Å². The van der Waals surface area contributed by atoms with E-state index in [4.69, 9.17) is 5.11 Å². The third-order valence-electron chi connectivity index (χ3n) is 6.13. The number of thioether (sulfide) groups is 1. The first kappa shape index (κ1) is 21.7. The van der Waals surface area contributed by atoms with Crippen LogP contribution in [0.2, 0.25) is 0 Å². The number of carbonyl (C=O) groups is 2. The van der Waals surface area contributed by atoms with E-state index in [2.05, 4.69) is 0 Å². The first-order valence-electron chi connectivity index (χ1n) is 10.7. The van der Waals surface area contributed by atoms with Gasteiger partial charge in [0.25, 0.3) is 0 Å². The average molecular weight is 441 g/mol. The van der Waals surface area contributed by atoms with Crippen molar-refractivity contribution in [2.45, 2.75) is 55.8 Å². The molecule has 2 aromatic rings. The van der Waals surface area contributed by atoms with Gasteiger partial charge in [0.1, 0.15) is 4.93 Å². The molecule has 2 amide bonds. The maximum atomic E-state index is 13.5. The Bertz CT molecular complexity index is 910. The molecule has 0 spiro atoms. The summed E-state index contributed by atoms with van der Waals surface area (Å²) in [7, 11) is 0. The zero-order valence-electron chi connectivity index (χ0n) is 17.4. The van der Waals surface area contributed by atoms with E-state index < -0.39 is 10.9 Å². The molecule has 2 saturated heterocycles. The number of benzene rings is 2. The number of aliphatic hydroxyl groups is 1. The Morgan fingerprint density at radius 1 is 0.968 bits per heavy atom. The summed E-state index contributed by atoms with van der Waals surface area (Å²) in [5.41, 5.74) is 2.10. The second kappa shape index (κ2) is 9.32. The van der Waals surface area contributed by atoms with Crippen molar-refractivity contribution in [3.05, 3.63) is 71.8 Å². The third-order valence-corrected chi connectivity index (χ3v) is 7.58. The minimum atomic E-state index is -1.07. The summed E-state index contributed by atoms with van der Waals surface area (Å²) < 4.78 is 0. The van der Waals surface area contributed by atoms with Crippen LogP contribution in [-0.2, 0) is 17.9 Å². The quantitative estimate of drug-likeness (QED) is 0.456. The molecular formula is C24H28N2O4S. The Labute approximate surface area is 186 Å². The molecule has 0 aliphatic carbocycles. The summed E-state index contributed by atoms with van der Waals surface area (Å²) in [5.74, 6) is -0.149. The maximum Gasteiger partial charge on any atom is 0.321 e. The van der Waals surface area contributed by atoms with Crippen LogP contribution in [0.4, 0.5) is 4.79 Å². The second-order valence-electron chi connectivity index (χ2n) is 8.28. The lowest BCUT2D eigenvalue weighted by atomic mass is 9.97. The van der Waals surface area contributed by atoms with Gasteiger partial charge in [-0.15, -0.1) is 11.8 Å². The monoisotopic (exact) mass is 440 g/mol. The summed E-state index contributed by atoms with van der Waals surface area (Å²) in [4.78, 5) is 27.0. The minimum Gasteiger partial charge on any atom is -0.481 e. The fraction of sp³-hybridized carbons (Fsp3) is 0.417. The molecule has 0 saturated carbocycles. The zero-order chi connectivity index (χ0) is 21.8. The van der Waals surface area contributed by atoms with Crippen LogP contribution < -0.4 is 0 Å². The van der Waals surface area contributed by atoms with Gasteiger partial charge in [0.2, 0.25) is 0 Å². The molecule has 0 radical (unpaired) electrons. The Kier molecular flexibility index (Phi) is 6.53. The first-order chi connectivity index (χ1) is 15.0. The molecule has 0 aromatic heterocycles. The number of hydrogen-bond acceptors (Lipinski definition) is 4. The van der Waals surface area contributed by atoms with Crippen molar-refractivity contribution in [1.29, 1.82) is 0 Å². The number of amides is 2.